The van der Waals surface area contributed by atoms with Gasteiger partial charge in [0, 0.05) is 18.0 Å². The molecule has 0 spiro atoms. The zero-order valence-corrected chi connectivity index (χ0v) is 11.9. The van der Waals surface area contributed by atoms with Gasteiger partial charge >= 0.3 is 6.18 Å². The number of primary amides is 1. The van der Waals surface area contributed by atoms with Crippen molar-refractivity contribution in [2.45, 2.75) is 18.2 Å². The highest BCUT2D eigenvalue weighted by Crippen LogP contribution is 2.35. The molecule has 0 saturated carbocycles. The van der Waals surface area contributed by atoms with Crippen LogP contribution in [0.2, 0.25) is 5.02 Å². The SMILES string of the molecule is NC(=O)[C@]1(O)CCN(C(=O)c2ccc(Cl)cc2C(F)(F)F)C1. The van der Waals surface area contributed by atoms with Crippen molar-refractivity contribution in [3.05, 3.63) is 34.3 Å². The first-order valence-corrected chi connectivity index (χ1v) is 6.61. The topological polar surface area (TPSA) is 83.6 Å². The van der Waals surface area contributed by atoms with Gasteiger partial charge in [0.25, 0.3) is 11.8 Å². The quantitative estimate of drug-likeness (QED) is 0.856. The number of benzene rings is 1. The predicted molar refractivity (Wildman–Crippen MR) is 71.1 cm³/mol. The number of likely N-dealkylation sites (tertiary alicyclic amines) is 1. The Morgan fingerprint density at radius 3 is 2.50 bits per heavy atom. The molecule has 9 heteroatoms. The van der Waals surface area contributed by atoms with E-state index in [-0.39, 0.29) is 18.0 Å². The van der Waals surface area contributed by atoms with Gasteiger partial charge < -0.3 is 15.7 Å². The second kappa shape index (κ2) is 5.44. The molecule has 0 unspecified atom stereocenters. The number of aliphatic hydroxyl groups is 1. The highest BCUT2D eigenvalue weighted by atomic mass is 35.5. The smallest absolute Gasteiger partial charge is 0.378 e. The van der Waals surface area contributed by atoms with Crippen LogP contribution in [0, 0.1) is 0 Å². The van der Waals surface area contributed by atoms with Gasteiger partial charge in [0.15, 0.2) is 5.60 Å². The van der Waals surface area contributed by atoms with Crippen LogP contribution in [0.4, 0.5) is 13.2 Å². The van der Waals surface area contributed by atoms with E-state index in [1.54, 1.807) is 0 Å². The number of rotatable bonds is 2. The summed E-state index contributed by atoms with van der Waals surface area (Å²) in [7, 11) is 0. The summed E-state index contributed by atoms with van der Waals surface area (Å²) in [6.07, 6.45) is -4.88. The van der Waals surface area contributed by atoms with E-state index in [4.69, 9.17) is 17.3 Å². The summed E-state index contributed by atoms with van der Waals surface area (Å²) in [6, 6.07) is 2.79. The molecular formula is C13H12ClF3N2O3. The van der Waals surface area contributed by atoms with Crippen LogP contribution in [0.1, 0.15) is 22.3 Å². The number of halogens is 4. The van der Waals surface area contributed by atoms with Crippen molar-refractivity contribution < 1.29 is 27.9 Å². The summed E-state index contributed by atoms with van der Waals surface area (Å²) in [5.74, 6) is -1.96. The lowest BCUT2D eigenvalue weighted by Gasteiger charge is -2.21. The van der Waals surface area contributed by atoms with Crippen LogP contribution in [0.25, 0.3) is 0 Å². The van der Waals surface area contributed by atoms with E-state index < -0.39 is 41.3 Å². The summed E-state index contributed by atoms with van der Waals surface area (Å²) in [5, 5.41) is 9.74. The van der Waals surface area contributed by atoms with Gasteiger partial charge in [-0.15, -0.1) is 0 Å². The Kier molecular flexibility index (Phi) is 4.09. The van der Waals surface area contributed by atoms with Crippen molar-refractivity contribution in [3.8, 4) is 0 Å². The first kappa shape index (κ1) is 16.6. The Labute approximate surface area is 128 Å². The van der Waals surface area contributed by atoms with Crippen LogP contribution in [0.5, 0.6) is 0 Å². The minimum absolute atomic E-state index is 0.0712. The maximum atomic E-state index is 13.0. The molecule has 0 aliphatic carbocycles. The number of hydrogen-bond acceptors (Lipinski definition) is 3. The average Bonchev–Trinajstić information content (AvgIpc) is 2.81. The van der Waals surface area contributed by atoms with Crippen molar-refractivity contribution in [1.82, 2.24) is 4.90 Å². The molecule has 3 N–H and O–H groups in total. The highest BCUT2D eigenvalue weighted by Gasteiger charge is 2.44. The second-order valence-electron chi connectivity index (χ2n) is 5.06. The standard InChI is InChI=1S/C13H12ClF3N2O3/c14-7-1-2-8(9(5-7)13(15,16)17)10(20)19-4-3-12(22,6-19)11(18)21/h1-2,5,22H,3-4,6H2,(H2,18,21)/t12-/m0/s1. The molecule has 2 amide bonds. The number of amides is 2. The molecule has 22 heavy (non-hydrogen) atoms. The average molecular weight is 337 g/mol. The third-order valence-electron chi connectivity index (χ3n) is 3.51. The molecule has 1 aromatic rings. The Morgan fingerprint density at radius 1 is 1.36 bits per heavy atom. The highest BCUT2D eigenvalue weighted by molar-refractivity contribution is 6.30. The van der Waals surface area contributed by atoms with Gasteiger partial charge in [-0.3, -0.25) is 9.59 Å². The van der Waals surface area contributed by atoms with Crippen molar-refractivity contribution in [3.63, 3.8) is 0 Å². The van der Waals surface area contributed by atoms with Crippen LogP contribution in [0.15, 0.2) is 18.2 Å². The molecule has 1 aromatic carbocycles. The molecule has 0 aromatic heterocycles. The first-order valence-electron chi connectivity index (χ1n) is 6.23. The molecular weight excluding hydrogens is 325 g/mol. The fourth-order valence-electron chi connectivity index (χ4n) is 2.28. The van der Waals surface area contributed by atoms with Gasteiger partial charge in [0.1, 0.15) is 0 Å². The summed E-state index contributed by atoms with van der Waals surface area (Å²) in [6.45, 7) is -0.515. The fourth-order valence-corrected chi connectivity index (χ4v) is 2.45. The van der Waals surface area contributed by atoms with E-state index in [1.807, 2.05) is 0 Å². The molecule has 120 valence electrons. The molecule has 1 heterocycles. The van der Waals surface area contributed by atoms with E-state index in [0.717, 1.165) is 11.0 Å². The number of hydrogen-bond donors (Lipinski definition) is 2. The number of nitrogens with two attached hydrogens (primary N) is 1. The number of carbonyl (C=O) groups is 2. The van der Waals surface area contributed by atoms with Gasteiger partial charge in [-0.25, -0.2) is 0 Å². The summed E-state index contributed by atoms with van der Waals surface area (Å²) in [4.78, 5) is 24.4. The molecule has 0 bridgehead atoms. The largest absolute Gasteiger partial charge is 0.417 e. The Morgan fingerprint density at radius 2 is 2.00 bits per heavy atom. The van der Waals surface area contributed by atoms with Crippen LogP contribution in [-0.2, 0) is 11.0 Å². The van der Waals surface area contributed by atoms with Crippen molar-refractivity contribution in [1.29, 1.82) is 0 Å². The molecule has 2 rings (SSSR count). The lowest BCUT2D eigenvalue weighted by atomic mass is 10.0. The van der Waals surface area contributed by atoms with E-state index in [1.165, 1.54) is 6.07 Å². The molecule has 5 nitrogen and oxygen atoms in total. The van der Waals surface area contributed by atoms with Crippen LogP contribution < -0.4 is 5.73 Å². The maximum Gasteiger partial charge on any atom is 0.417 e. The lowest BCUT2D eigenvalue weighted by Crippen LogP contribution is -2.46. The maximum absolute atomic E-state index is 13.0. The van der Waals surface area contributed by atoms with E-state index in [9.17, 15) is 27.9 Å². The molecule has 1 aliphatic heterocycles. The fraction of sp³-hybridized carbons (Fsp3) is 0.385. The van der Waals surface area contributed by atoms with Gasteiger partial charge in [-0.2, -0.15) is 13.2 Å². The lowest BCUT2D eigenvalue weighted by molar-refractivity contribution is -0.138. The molecule has 1 atom stereocenters. The summed E-state index contributed by atoms with van der Waals surface area (Å²) in [5.41, 5.74) is 1.35. The van der Waals surface area contributed by atoms with E-state index in [0.29, 0.717) is 6.07 Å². The zero-order chi connectivity index (χ0) is 16.7. The minimum atomic E-state index is -4.75. The Balaban J connectivity index is 2.34. The van der Waals surface area contributed by atoms with Crippen molar-refractivity contribution >= 4 is 23.4 Å². The van der Waals surface area contributed by atoms with Crippen molar-refractivity contribution in [2.24, 2.45) is 5.73 Å². The Bertz CT molecular complexity index is 635. The summed E-state index contributed by atoms with van der Waals surface area (Å²) >= 11 is 5.55. The second-order valence-corrected chi connectivity index (χ2v) is 5.50. The van der Waals surface area contributed by atoms with Gasteiger partial charge in [0.05, 0.1) is 17.7 Å². The first-order chi connectivity index (χ1) is 10.0. The minimum Gasteiger partial charge on any atom is -0.378 e. The third-order valence-corrected chi connectivity index (χ3v) is 3.75. The van der Waals surface area contributed by atoms with Crippen molar-refractivity contribution in [2.75, 3.05) is 13.1 Å². The van der Waals surface area contributed by atoms with Gasteiger partial charge in [0.2, 0.25) is 0 Å². The van der Waals surface area contributed by atoms with Crippen LogP contribution in [0.3, 0.4) is 0 Å². The molecule has 0 radical (unpaired) electrons. The van der Waals surface area contributed by atoms with Gasteiger partial charge in [-0.1, -0.05) is 11.6 Å². The monoisotopic (exact) mass is 336 g/mol. The third kappa shape index (κ3) is 3.02. The predicted octanol–water partition coefficient (Wildman–Crippen LogP) is 1.42. The van der Waals surface area contributed by atoms with E-state index in [2.05, 4.69) is 0 Å². The van der Waals surface area contributed by atoms with E-state index >= 15 is 0 Å². The number of carbonyl (C=O) groups excluding carboxylic acids is 2. The number of nitrogens with zero attached hydrogens (tertiary/aromatic N) is 1. The van der Waals surface area contributed by atoms with Gasteiger partial charge in [-0.05, 0) is 18.2 Å². The summed E-state index contributed by atoms with van der Waals surface area (Å²) < 4.78 is 39.0. The van der Waals surface area contributed by atoms with Crippen LogP contribution >= 0.6 is 11.6 Å². The Hall–Kier alpha value is -1.80. The van der Waals surface area contributed by atoms with Crippen LogP contribution in [-0.4, -0.2) is 40.5 Å². The number of β-amino-alcohol motifs (C(OH)–C–C–N with tert-alkyl or cyclic N) is 1. The molecule has 1 saturated heterocycles. The zero-order valence-electron chi connectivity index (χ0n) is 11.2. The number of alkyl halides is 3. The normalized spacial score (nSPS) is 22.0. The molecule has 1 fully saturated rings. The molecule has 1 aliphatic rings.